The largest absolute Gasteiger partial charge is 0.456 e. The number of furan rings is 1. The molecule has 362 valence electrons. The third-order valence-electron chi connectivity index (χ3n) is 15.4. The van der Waals surface area contributed by atoms with E-state index < -0.39 is 5.41 Å². The lowest BCUT2D eigenvalue weighted by atomic mass is 9.65. The second kappa shape index (κ2) is 17.5. The van der Waals surface area contributed by atoms with Crippen LogP contribution in [0.1, 0.15) is 33.4 Å². The first-order chi connectivity index (χ1) is 37.9. The lowest BCUT2D eigenvalue weighted by Crippen LogP contribution is -2.32. The molecule has 7 nitrogen and oxygen atoms in total. The van der Waals surface area contributed by atoms with Gasteiger partial charge in [0, 0.05) is 49.7 Å². The molecule has 77 heavy (non-hydrogen) atoms. The van der Waals surface area contributed by atoms with Crippen molar-refractivity contribution in [2.45, 2.75) is 19.3 Å². The van der Waals surface area contributed by atoms with E-state index in [1.165, 1.54) is 33.4 Å². The van der Waals surface area contributed by atoms with Gasteiger partial charge in [0.15, 0.2) is 23.3 Å². The molecule has 7 heteroatoms. The summed E-state index contributed by atoms with van der Waals surface area (Å²) in [6.45, 7) is 4.20. The molecule has 1 aliphatic carbocycles. The maximum absolute atomic E-state index is 7.17. The molecule has 0 bridgehead atoms. The third-order valence-corrected chi connectivity index (χ3v) is 15.4. The maximum atomic E-state index is 7.17. The van der Waals surface area contributed by atoms with Gasteiger partial charge in [-0.1, -0.05) is 205 Å². The smallest absolute Gasteiger partial charge is 0.167 e. The van der Waals surface area contributed by atoms with Crippen LogP contribution in [0.4, 0.5) is 0 Å². The lowest BCUT2D eigenvalue weighted by Gasteiger charge is -2.40. The number of ether oxygens (including phenoxy) is 1. The number of rotatable bonds is 7. The van der Waals surface area contributed by atoms with Crippen LogP contribution in [0.25, 0.3) is 112 Å². The van der Waals surface area contributed by atoms with Crippen molar-refractivity contribution >= 4 is 21.9 Å². The summed E-state index contributed by atoms with van der Waals surface area (Å²) >= 11 is 0. The Morgan fingerprint density at radius 1 is 0.325 bits per heavy atom. The predicted octanol–water partition coefficient (Wildman–Crippen LogP) is 17.3. The second-order valence-corrected chi connectivity index (χ2v) is 20.1. The van der Waals surface area contributed by atoms with Crippen molar-refractivity contribution in [2.24, 2.45) is 0 Å². The molecule has 0 saturated heterocycles. The fourth-order valence-corrected chi connectivity index (χ4v) is 11.7. The van der Waals surface area contributed by atoms with Gasteiger partial charge in [0.2, 0.25) is 0 Å². The fraction of sp³-hybridized carbons (Fsp3) is 0.0429. The van der Waals surface area contributed by atoms with E-state index in [9.17, 15) is 0 Å². The molecule has 1 aliphatic heterocycles. The van der Waals surface area contributed by atoms with Gasteiger partial charge in [0.1, 0.15) is 22.7 Å². The van der Waals surface area contributed by atoms with Gasteiger partial charge in [-0.05, 0) is 89.7 Å². The monoisotopic (exact) mass is 987 g/mol. The van der Waals surface area contributed by atoms with Crippen LogP contribution >= 0.6 is 0 Å². The number of aryl methyl sites for hydroxylation is 2. The van der Waals surface area contributed by atoms with Crippen molar-refractivity contribution in [1.29, 1.82) is 0 Å². The topological polar surface area (TPSA) is 86.8 Å². The van der Waals surface area contributed by atoms with E-state index in [-0.39, 0.29) is 0 Å². The summed E-state index contributed by atoms with van der Waals surface area (Å²) in [6, 6.07) is 82.7. The van der Waals surface area contributed by atoms with E-state index in [2.05, 4.69) is 184 Å². The number of para-hydroxylation sites is 2. The average molecular weight is 988 g/mol. The van der Waals surface area contributed by atoms with Crippen molar-refractivity contribution in [3.05, 3.63) is 270 Å². The molecule has 1 atom stereocenters. The predicted molar refractivity (Wildman–Crippen MR) is 308 cm³/mol. The van der Waals surface area contributed by atoms with Crippen LogP contribution in [0.3, 0.4) is 0 Å². The number of aromatic nitrogens is 5. The molecule has 0 N–H and O–H groups in total. The van der Waals surface area contributed by atoms with Gasteiger partial charge in [0.05, 0.1) is 22.4 Å². The minimum atomic E-state index is -0.767. The quantitative estimate of drug-likeness (QED) is 0.157. The summed E-state index contributed by atoms with van der Waals surface area (Å²) in [6.07, 6.45) is 0. The molecule has 0 radical (unpaired) electrons. The summed E-state index contributed by atoms with van der Waals surface area (Å²) in [5, 5.41) is 2.01. The number of hydrogen-bond acceptors (Lipinski definition) is 7. The Balaban J connectivity index is 0.918. The van der Waals surface area contributed by atoms with Crippen LogP contribution in [0.5, 0.6) is 11.5 Å². The molecule has 15 rings (SSSR count). The van der Waals surface area contributed by atoms with Gasteiger partial charge >= 0.3 is 0 Å². The zero-order valence-corrected chi connectivity index (χ0v) is 42.1. The Morgan fingerprint density at radius 2 is 0.857 bits per heavy atom. The highest BCUT2D eigenvalue weighted by atomic mass is 16.5. The average Bonchev–Trinajstić information content (AvgIpc) is 4.10. The van der Waals surface area contributed by atoms with Crippen molar-refractivity contribution in [1.82, 2.24) is 24.9 Å². The Hall–Kier alpha value is -10.1. The number of nitrogens with zero attached hydrogens (tertiary/aromatic N) is 5. The van der Waals surface area contributed by atoms with Crippen molar-refractivity contribution in [2.75, 3.05) is 0 Å². The highest BCUT2D eigenvalue weighted by Gasteiger charge is 2.51. The highest BCUT2D eigenvalue weighted by molar-refractivity contribution is 6.13. The van der Waals surface area contributed by atoms with E-state index >= 15 is 0 Å². The molecule has 2 aliphatic rings. The van der Waals surface area contributed by atoms with Crippen LogP contribution in [0.2, 0.25) is 0 Å². The van der Waals surface area contributed by atoms with E-state index in [1.54, 1.807) is 0 Å². The third kappa shape index (κ3) is 7.15. The van der Waals surface area contributed by atoms with Crippen LogP contribution in [0, 0.1) is 13.8 Å². The van der Waals surface area contributed by atoms with Crippen LogP contribution in [-0.2, 0) is 5.41 Å². The zero-order valence-electron chi connectivity index (χ0n) is 42.1. The van der Waals surface area contributed by atoms with Crippen molar-refractivity contribution in [3.63, 3.8) is 0 Å². The summed E-state index contributed by atoms with van der Waals surface area (Å²) < 4.78 is 13.9. The first-order valence-electron chi connectivity index (χ1n) is 26.0. The molecule has 0 fully saturated rings. The molecular weight excluding hydrogens is 943 g/mol. The molecule has 0 amide bonds. The van der Waals surface area contributed by atoms with Gasteiger partial charge in [0.25, 0.3) is 0 Å². The van der Waals surface area contributed by atoms with Gasteiger partial charge < -0.3 is 9.15 Å². The summed E-state index contributed by atoms with van der Waals surface area (Å²) in [5.41, 5.74) is 19.4. The molecule has 13 aromatic rings. The Morgan fingerprint density at radius 3 is 1.61 bits per heavy atom. The number of hydrogen-bond donors (Lipinski definition) is 0. The lowest BCUT2D eigenvalue weighted by molar-refractivity contribution is 0.437. The summed E-state index contributed by atoms with van der Waals surface area (Å²) in [7, 11) is 0. The van der Waals surface area contributed by atoms with E-state index in [1.807, 2.05) is 66.7 Å². The molecule has 3 aromatic heterocycles. The molecule has 1 unspecified atom stereocenters. The Kier molecular flexibility index (Phi) is 10.1. The number of fused-ring (bicyclic) bond motifs is 12. The molecule has 4 heterocycles. The van der Waals surface area contributed by atoms with Crippen molar-refractivity contribution < 1.29 is 9.15 Å². The number of benzene rings is 10. The molecule has 1 spiro atoms. The molecule has 10 aromatic carbocycles. The van der Waals surface area contributed by atoms with Gasteiger partial charge in [-0.25, -0.2) is 24.9 Å². The normalized spacial score (nSPS) is 14.0. The summed E-state index contributed by atoms with van der Waals surface area (Å²) in [5.74, 6) is 3.87. The van der Waals surface area contributed by atoms with Crippen LogP contribution < -0.4 is 4.74 Å². The first kappa shape index (κ1) is 44.4. The Labute approximate surface area is 444 Å². The summed E-state index contributed by atoms with van der Waals surface area (Å²) in [4.78, 5) is 25.9. The Bertz CT molecular complexity index is 4370. The molecular formula is C70H45N5O2. The second-order valence-electron chi connectivity index (χ2n) is 20.1. The SMILES string of the molecule is Cc1ccc(-c2cc(-c3cccc4oc5ccc(-c6ccc7c(c6)C6(c8ccccc8Oc8c(-c9nc(-c%10ccccc%10)nc(-c%10ccccc%10)n9)cccc86)c6ccccc6-7)cc5c34)nc(-c3ccc(C)cc3)n2)cc1. The van der Waals surface area contributed by atoms with Gasteiger partial charge in [-0.15, -0.1) is 0 Å². The van der Waals surface area contributed by atoms with Gasteiger partial charge in [-0.2, -0.15) is 0 Å². The maximum Gasteiger partial charge on any atom is 0.167 e. The fourth-order valence-electron chi connectivity index (χ4n) is 11.7. The van der Waals surface area contributed by atoms with Crippen LogP contribution in [0.15, 0.2) is 241 Å². The van der Waals surface area contributed by atoms with Crippen molar-refractivity contribution in [3.8, 4) is 102 Å². The highest BCUT2D eigenvalue weighted by Crippen LogP contribution is 2.63. The van der Waals surface area contributed by atoms with E-state index in [0.29, 0.717) is 29.0 Å². The van der Waals surface area contributed by atoms with E-state index in [0.717, 1.165) is 94.7 Å². The minimum absolute atomic E-state index is 0.532. The van der Waals surface area contributed by atoms with Crippen LogP contribution in [-0.4, -0.2) is 24.9 Å². The van der Waals surface area contributed by atoms with E-state index in [4.69, 9.17) is 34.1 Å². The zero-order chi connectivity index (χ0) is 51.2. The van der Waals surface area contributed by atoms with Gasteiger partial charge in [-0.3, -0.25) is 0 Å². The molecule has 0 saturated carbocycles. The minimum Gasteiger partial charge on any atom is -0.456 e. The first-order valence-corrected chi connectivity index (χ1v) is 26.0. The standard InChI is InChI=1S/C70H45N5O2/c1-42-27-31-44(32-28-42)59-41-60(72-66(71-59)47-33-29-43(2)30-34-47)52-20-14-26-63-64(52)54-39-48(36-38-61(54)76-63)49-35-37-51-50-19-9-10-22-55(50)70(58(51)40-49)56-23-11-12-25-62(56)77-65-53(21-13-24-57(65)70)69-74-67(45-15-5-3-6-16-45)73-68(75-69)46-17-7-4-8-18-46/h3-41H,1-2H3.